The van der Waals surface area contributed by atoms with Gasteiger partial charge in [0.2, 0.25) is 11.8 Å². The van der Waals surface area contributed by atoms with E-state index in [1.165, 1.54) is 25.7 Å². The Morgan fingerprint density at radius 2 is 1.42 bits per heavy atom. The molecular weight excluding hydrogens is 714 g/mol. The molecule has 18 nitrogen and oxygen atoms in total. The molecule has 0 aromatic heterocycles. The van der Waals surface area contributed by atoms with Gasteiger partial charge in [0.05, 0.1) is 24.0 Å². The van der Waals surface area contributed by atoms with Crippen molar-refractivity contribution in [2.45, 2.75) is 130 Å². The monoisotopic (exact) mass is 771 g/mol. The topological polar surface area (TPSA) is 321 Å². The van der Waals surface area contributed by atoms with Gasteiger partial charge < -0.3 is 31.8 Å². The molecule has 19 heteroatoms. The van der Waals surface area contributed by atoms with Gasteiger partial charge in [-0.15, -0.1) is 0 Å². The van der Waals surface area contributed by atoms with Crippen molar-refractivity contribution in [2.75, 3.05) is 13.2 Å². The van der Waals surface area contributed by atoms with Crippen LogP contribution in [0.15, 0.2) is 4.99 Å². The highest BCUT2D eigenvalue weighted by Gasteiger charge is 2.56. The lowest BCUT2D eigenvalue weighted by Crippen LogP contribution is -2.54. The molecule has 5 rings (SSSR count). The minimum Gasteiger partial charge on any atom is -0.861 e. The summed E-state index contributed by atoms with van der Waals surface area (Å²) in [5.41, 5.74) is -0.734. The Kier molecular flexibility index (Phi) is 26.5. The zero-order chi connectivity index (χ0) is 37.8. The maximum Gasteiger partial charge on any atom is 0.394 e. The van der Waals surface area contributed by atoms with Crippen molar-refractivity contribution in [3.8, 4) is 6.07 Å². The first-order valence-corrected chi connectivity index (χ1v) is 18.0. The van der Waals surface area contributed by atoms with Gasteiger partial charge in [-0.3, -0.25) is 33.6 Å². The molecule has 0 bridgehead atoms. The average molecular weight is 772 g/mol. The van der Waals surface area contributed by atoms with Gasteiger partial charge in [-0.25, -0.2) is 22.9 Å². The lowest BCUT2D eigenvalue weighted by molar-refractivity contribution is -0.228. The number of imide groups is 1. The minimum absolute atomic E-state index is 0. The number of amides is 3. The van der Waals surface area contributed by atoms with Gasteiger partial charge in [0.15, 0.2) is 0 Å². The Hall–Kier alpha value is -4.32. The number of nitrogens with zero attached hydrogens (tertiary/aromatic N) is 4. The second-order valence-electron chi connectivity index (χ2n) is 12.7. The first-order chi connectivity index (χ1) is 23.6. The van der Waals surface area contributed by atoms with E-state index in [9.17, 15) is 29.1 Å². The summed E-state index contributed by atoms with van der Waals surface area (Å²) in [6.45, 7) is 15.3. The fraction of sp³-hybridized carbons (Fsp3) is 0.735. The van der Waals surface area contributed by atoms with Crippen LogP contribution in [0.1, 0.15) is 124 Å². The van der Waals surface area contributed by atoms with Crippen molar-refractivity contribution >= 4 is 45.8 Å². The van der Waals surface area contributed by atoms with E-state index in [1.807, 2.05) is 6.07 Å². The Morgan fingerprint density at radius 1 is 0.962 bits per heavy atom. The number of carbonyl (C=O) groups excluding carboxylic acids is 5. The van der Waals surface area contributed by atoms with E-state index in [4.69, 9.17) is 35.9 Å². The molecule has 0 aromatic rings. The fourth-order valence-corrected chi connectivity index (χ4v) is 6.88. The number of hydrogen-bond donors (Lipinski definition) is 5. The van der Waals surface area contributed by atoms with Gasteiger partial charge in [0, 0.05) is 25.7 Å². The number of ketones is 1. The Balaban J connectivity index is -0.000000621. The second kappa shape index (κ2) is 26.4. The molecule has 2 atom stereocenters. The van der Waals surface area contributed by atoms with Crippen LogP contribution >= 0.6 is 0 Å². The van der Waals surface area contributed by atoms with Crippen LogP contribution in [0, 0.1) is 41.2 Å². The molecule has 3 aliphatic carbocycles. The molecular formula is C34H57N7O11S. The maximum absolute atomic E-state index is 11.7. The zero-order valence-electron chi connectivity index (χ0n) is 30.1. The van der Waals surface area contributed by atoms with E-state index in [1.54, 1.807) is 6.92 Å². The van der Waals surface area contributed by atoms with Crippen LogP contribution in [0.3, 0.4) is 0 Å². The zero-order valence-corrected chi connectivity index (χ0v) is 30.9. The van der Waals surface area contributed by atoms with Crippen LogP contribution in [-0.2, 0) is 39.1 Å². The molecule has 4 fully saturated rings. The van der Waals surface area contributed by atoms with Crippen LogP contribution < -0.4 is 22.7 Å². The van der Waals surface area contributed by atoms with E-state index in [-0.39, 0.29) is 43.5 Å². The summed E-state index contributed by atoms with van der Waals surface area (Å²) in [5, 5.41) is 23.2. The number of quaternary nitrogens is 1. The molecule has 5 aliphatic rings. The van der Waals surface area contributed by atoms with Gasteiger partial charge in [-0.1, -0.05) is 52.4 Å². The molecule has 0 radical (unpaired) electrons. The third-order valence-corrected chi connectivity index (χ3v) is 9.05. The summed E-state index contributed by atoms with van der Waals surface area (Å²) in [4.78, 5) is 64.3. The fourth-order valence-electron chi connectivity index (χ4n) is 6.88. The Morgan fingerprint density at radius 3 is 1.79 bits per heavy atom. The largest absolute Gasteiger partial charge is 0.861 e. The number of Topliss-reactive ketones (excluding diaryl/α,β-unsaturated/α-hetero) is 1. The smallest absolute Gasteiger partial charge is 0.394 e. The summed E-state index contributed by atoms with van der Waals surface area (Å²) in [5.74, 6) is -2.35. The van der Waals surface area contributed by atoms with Gasteiger partial charge in [0.25, 0.3) is 0 Å². The van der Waals surface area contributed by atoms with Gasteiger partial charge in [-0.2, -0.15) is 13.7 Å². The van der Waals surface area contributed by atoms with E-state index < -0.39 is 45.5 Å². The molecule has 2 unspecified atom stereocenters. The molecule has 10 N–H and O–H groups in total. The van der Waals surface area contributed by atoms with E-state index in [2.05, 4.69) is 24.7 Å². The van der Waals surface area contributed by atoms with Gasteiger partial charge in [-0.05, 0) is 56.8 Å². The van der Waals surface area contributed by atoms with E-state index in [0.29, 0.717) is 38.1 Å². The number of nitrogens with one attached hydrogen (secondary N) is 1. The Labute approximate surface area is 312 Å². The summed E-state index contributed by atoms with van der Waals surface area (Å²) in [7, 11) is -4.67. The molecule has 3 saturated carbocycles. The van der Waals surface area contributed by atoms with Crippen molar-refractivity contribution < 1.29 is 51.3 Å². The SMILES string of the molecule is C.N.O=C1CC2(CCCCC2)CC(=O)N1.O=C1CCCCC1.O=S(=O)(O)O.[C-]#[N+]C1C(=O)N=C([O-])C(C#N)C12CCCCC2.[C-]#[N+]CC(=O)OCC.[NH4+]. The number of carbonyl (C=O) groups is 5. The van der Waals surface area contributed by atoms with Crippen molar-refractivity contribution in [3.63, 3.8) is 0 Å². The van der Waals surface area contributed by atoms with Crippen LogP contribution in [0.4, 0.5) is 0 Å². The molecule has 2 aliphatic heterocycles. The average Bonchev–Trinajstić information content (AvgIpc) is 3.02. The number of piperidine rings is 1. The van der Waals surface area contributed by atoms with Crippen molar-refractivity contribution in [2.24, 2.45) is 21.7 Å². The number of rotatable bonds is 2. The van der Waals surface area contributed by atoms with Crippen molar-refractivity contribution in [3.05, 3.63) is 22.8 Å². The van der Waals surface area contributed by atoms with Crippen molar-refractivity contribution in [1.82, 2.24) is 17.6 Å². The normalized spacial score (nSPS) is 22.0. The highest BCUT2D eigenvalue weighted by molar-refractivity contribution is 7.79. The van der Waals surface area contributed by atoms with Gasteiger partial charge in [0.1, 0.15) is 5.78 Å². The number of aliphatic imine (C=N–C) groups is 1. The predicted molar refractivity (Wildman–Crippen MR) is 193 cm³/mol. The summed E-state index contributed by atoms with van der Waals surface area (Å²) in [6.07, 6.45) is 16.1. The number of nitriles is 1. The summed E-state index contributed by atoms with van der Waals surface area (Å²) in [6, 6.07) is 1.02. The Bertz CT molecular complexity index is 1430. The van der Waals surface area contributed by atoms with Crippen LogP contribution in [-0.4, -0.2) is 72.1 Å². The molecule has 2 heterocycles. The summed E-state index contributed by atoms with van der Waals surface area (Å²) >= 11 is 0. The molecule has 3 amide bonds. The first-order valence-electron chi connectivity index (χ1n) is 16.6. The standard InChI is InChI=1S/C12H13N3O2.C10H15NO2.C6H10O.C5H7NO2.CH4.2H3N.H2O4S/c1-14-9-11(17)15-10(16)8(7-13)12(9)5-3-2-4-6-12;12-8-6-10(7-9(13)11-8)4-2-1-3-5-10;7-6-4-2-1-3-5-6;1-3-8-5(7)4-6-2;;;;1-5(2,3)4/h8-9H,2-6H2,(H,15,16,17);1-7H2,(H,11,12,13);1-5H2;3-4H2,1H3;1H4;2*1H3;(H2,1,2,3,4). The van der Waals surface area contributed by atoms with Crippen molar-refractivity contribution in [1.29, 1.82) is 5.26 Å². The number of esters is 1. The molecule has 1 saturated heterocycles. The van der Waals surface area contributed by atoms with Gasteiger partial charge >= 0.3 is 34.9 Å². The van der Waals surface area contributed by atoms with Crippen LogP contribution in [0.5, 0.6) is 0 Å². The van der Waals surface area contributed by atoms with Crippen LogP contribution in [0.25, 0.3) is 9.69 Å². The van der Waals surface area contributed by atoms with E-state index >= 15 is 0 Å². The minimum atomic E-state index is -4.67. The highest BCUT2D eigenvalue weighted by Crippen LogP contribution is 2.49. The lowest BCUT2D eigenvalue weighted by Gasteiger charge is -2.43. The van der Waals surface area contributed by atoms with E-state index in [0.717, 1.165) is 57.8 Å². The predicted octanol–water partition coefficient (Wildman–Crippen LogP) is 4.55. The lowest BCUT2D eigenvalue weighted by atomic mass is 9.60. The van der Waals surface area contributed by atoms with Crippen LogP contribution in [0.2, 0.25) is 0 Å². The molecule has 0 aromatic carbocycles. The highest BCUT2D eigenvalue weighted by atomic mass is 32.3. The first kappa shape index (κ1) is 53.0. The second-order valence-corrected chi connectivity index (χ2v) is 13.6. The molecule has 53 heavy (non-hydrogen) atoms. The number of ether oxygens (including phenoxy) is 1. The molecule has 2 spiro atoms. The summed E-state index contributed by atoms with van der Waals surface area (Å²) < 4.78 is 36.0. The molecule has 300 valence electrons. The quantitative estimate of drug-likeness (QED) is 0.111. The third kappa shape index (κ3) is 19.4. The number of hydrogen-bond acceptors (Lipinski definition) is 11. The maximum atomic E-state index is 11.7. The third-order valence-electron chi connectivity index (χ3n) is 9.05.